The molecular formula is C14H12N4O8. The van der Waals surface area contributed by atoms with E-state index >= 15 is 0 Å². The molecule has 0 spiro atoms. The van der Waals surface area contributed by atoms with Gasteiger partial charge in [-0.1, -0.05) is 0 Å². The summed E-state index contributed by atoms with van der Waals surface area (Å²) in [6.45, 7) is -0.113. The molecule has 1 aromatic rings. The second-order valence-electron chi connectivity index (χ2n) is 5.24. The fourth-order valence-corrected chi connectivity index (χ4v) is 2.38. The van der Waals surface area contributed by atoms with Crippen molar-refractivity contribution in [3.05, 3.63) is 44.5 Å². The van der Waals surface area contributed by atoms with Crippen LogP contribution in [0.25, 0.3) is 0 Å². The average Bonchev–Trinajstić information content (AvgIpc) is 2.78. The third-order valence-corrected chi connectivity index (χ3v) is 3.55. The molecule has 2 rings (SSSR count). The molecule has 0 radical (unpaired) electrons. The standard InChI is InChI=1S/C14H12N4O8/c1-7-2-9-10(14(23)17(13(9)22)4-11(15)20)3-8(7)12(21)16(5-19)6-26-18(24)25/h2-3,5H,4,6H2,1H3,(H2,15,20). The Hall–Kier alpha value is -3.83. The van der Waals surface area contributed by atoms with Crippen LogP contribution in [0, 0.1) is 17.0 Å². The summed E-state index contributed by atoms with van der Waals surface area (Å²) in [5.74, 6) is -3.42. The topological polar surface area (TPSA) is 170 Å². The first kappa shape index (κ1) is 18.5. The smallest absolute Gasteiger partial charge is 0.296 e. The number of hydrogen-bond donors (Lipinski definition) is 1. The first-order valence-electron chi connectivity index (χ1n) is 7.00. The van der Waals surface area contributed by atoms with Crippen molar-refractivity contribution in [1.29, 1.82) is 0 Å². The minimum absolute atomic E-state index is 0.0236. The Balaban J connectivity index is 2.39. The Labute approximate surface area is 145 Å². The molecule has 0 saturated carbocycles. The number of fused-ring (bicyclic) bond motifs is 1. The highest BCUT2D eigenvalue weighted by atomic mass is 17.0. The molecule has 0 atom stereocenters. The lowest BCUT2D eigenvalue weighted by Crippen LogP contribution is -2.37. The fraction of sp³-hybridized carbons (Fsp3) is 0.214. The highest BCUT2D eigenvalue weighted by molar-refractivity contribution is 6.23. The molecule has 12 nitrogen and oxygen atoms in total. The van der Waals surface area contributed by atoms with E-state index in [4.69, 9.17) is 5.73 Å². The largest absolute Gasteiger partial charge is 0.368 e. The van der Waals surface area contributed by atoms with Gasteiger partial charge in [-0.25, -0.2) is 0 Å². The number of rotatable bonds is 7. The molecule has 0 fully saturated rings. The summed E-state index contributed by atoms with van der Waals surface area (Å²) in [6.07, 6.45) is 0.0326. The number of aryl methyl sites for hydroxylation is 1. The molecule has 1 aliphatic heterocycles. The molecule has 0 bridgehead atoms. The predicted octanol–water partition coefficient (Wildman–Crippen LogP) is -1.16. The molecule has 26 heavy (non-hydrogen) atoms. The normalized spacial score (nSPS) is 12.6. The minimum atomic E-state index is -1.18. The zero-order valence-electron chi connectivity index (χ0n) is 13.3. The van der Waals surface area contributed by atoms with E-state index in [0.29, 0.717) is 9.80 Å². The third kappa shape index (κ3) is 3.33. The Morgan fingerprint density at radius 1 is 1.31 bits per heavy atom. The van der Waals surface area contributed by atoms with Crippen molar-refractivity contribution in [2.45, 2.75) is 6.92 Å². The summed E-state index contributed by atoms with van der Waals surface area (Å²) in [6, 6.07) is 2.33. The second kappa shape index (κ2) is 6.96. The van der Waals surface area contributed by atoms with Crippen molar-refractivity contribution in [1.82, 2.24) is 9.80 Å². The van der Waals surface area contributed by atoms with Gasteiger partial charge in [0.1, 0.15) is 6.54 Å². The Bertz CT molecular complexity index is 850. The van der Waals surface area contributed by atoms with Gasteiger partial charge >= 0.3 is 0 Å². The van der Waals surface area contributed by atoms with E-state index in [1.807, 2.05) is 0 Å². The van der Waals surface area contributed by atoms with Crippen LogP contribution < -0.4 is 5.73 Å². The van der Waals surface area contributed by atoms with Gasteiger partial charge in [0, 0.05) is 5.56 Å². The van der Waals surface area contributed by atoms with E-state index in [0.717, 1.165) is 6.07 Å². The quantitative estimate of drug-likeness (QED) is 0.207. The summed E-state index contributed by atoms with van der Waals surface area (Å²) >= 11 is 0. The van der Waals surface area contributed by atoms with Gasteiger partial charge in [-0.3, -0.25) is 38.6 Å². The van der Waals surface area contributed by atoms with Crippen LogP contribution in [-0.4, -0.2) is 58.2 Å². The van der Waals surface area contributed by atoms with Crippen LogP contribution in [-0.2, 0) is 14.4 Å². The maximum atomic E-state index is 12.4. The lowest BCUT2D eigenvalue weighted by Gasteiger charge is -2.15. The molecule has 0 aliphatic carbocycles. The SMILES string of the molecule is Cc1cc2c(cc1C(=O)N(C=O)CO[N+](=O)[O-])C(=O)N(CC(N)=O)C2=O. The molecule has 0 aromatic heterocycles. The van der Waals surface area contributed by atoms with Crippen LogP contribution in [0.5, 0.6) is 0 Å². The van der Waals surface area contributed by atoms with Crippen molar-refractivity contribution in [2.24, 2.45) is 5.73 Å². The zero-order chi connectivity index (χ0) is 19.6. The van der Waals surface area contributed by atoms with Gasteiger partial charge in [0.15, 0.2) is 6.73 Å². The minimum Gasteiger partial charge on any atom is -0.368 e. The molecule has 5 amide bonds. The summed E-state index contributed by atoms with van der Waals surface area (Å²) in [7, 11) is 0. The number of amides is 5. The van der Waals surface area contributed by atoms with E-state index in [-0.39, 0.29) is 28.7 Å². The molecular weight excluding hydrogens is 352 g/mol. The molecule has 136 valence electrons. The summed E-state index contributed by atoms with van der Waals surface area (Å²) < 4.78 is 0. The van der Waals surface area contributed by atoms with Crippen molar-refractivity contribution in [3.63, 3.8) is 0 Å². The molecule has 1 heterocycles. The molecule has 0 saturated heterocycles. The van der Waals surface area contributed by atoms with Gasteiger partial charge in [-0.05, 0) is 24.6 Å². The number of carbonyl (C=O) groups is 5. The summed E-state index contributed by atoms with van der Waals surface area (Å²) in [4.78, 5) is 74.0. The van der Waals surface area contributed by atoms with E-state index in [2.05, 4.69) is 4.84 Å². The highest BCUT2D eigenvalue weighted by Crippen LogP contribution is 2.26. The van der Waals surface area contributed by atoms with Gasteiger partial charge in [0.25, 0.3) is 22.8 Å². The van der Waals surface area contributed by atoms with Crippen LogP contribution in [0.15, 0.2) is 12.1 Å². The van der Waals surface area contributed by atoms with E-state index in [1.165, 1.54) is 13.0 Å². The Morgan fingerprint density at radius 2 is 1.88 bits per heavy atom. The van der Waals surface area contributed by atoms with Crippen LogP contribution in [0.2, 0.25) is 0 Å². The third-order valence-electron chi connectivity index (χ3n) is 3.55. The lowest BCUT2D eigenvalue weighted by atomic mass is 9.99. The van der Waals surface area contributed by atoms with Gasteiger partial charge < -0.3 is 5.73 Å². The van der Waals surface area contributed by atoms with Crippen molar-refractivity contribution >= 4 is 30.0 Å². The predicted molar refractivity (Wildman–Crippen MR) is 80.9 cm³/mol. The van der Waals surface area contributed by atoms with Gasteiger partial charge in [0.05, 0.1) is 11.1 Å². The number of hydrogen-bond acceptors (Lipinski definition) is 8. The fourth-order valence-electron chi connectivity index (χ4n) is 2.38. The van der Waals surface area contributed by atoms with Crippen molar-refractivity contribution in [3.8, 4) is 0 Å². The number of benzene rings is 1. The molecule has 2 N–H and O–H groups in total. The number of nitrogens with zero attached hydrogens (tertiary/aromatic N) is 3. The van der Waals surface area contributed by atoms with Gasteiger partial charge in [-0.2, -0.15) is 0 Å². The molecule has 0 unspecified atom stereocenters. The van der Waals surface area contributed by atoms with Gasteiger partial charge in [0.2, 0.25) is 12.3 Å². The Morgan fingerprint density at radius 3 is 2.38 bits per heavy atom. The maximum Gasteiger partial charge on any atom is 0.296 e. The van der Waals surface area contributed by atoms with Crippen LogP contribution >= 0.6 is 0 Å². The average molecular weight is 364 g/mol. The van der Waals surface area contributed by atoms with E-state index in [9.17, 15) is 34.1 Å². The number of primary amides is 1. The molecule has 12 heteroatoms. The first-order chi connectivity index (χ1) is 12.2. The molecule has 1 aliphatic rings. The maximum absolute atomic E-state index is 12.4. The zero-order valence-corrected chi connectivity index (χ0v) is 13.3. The Kier molecular flexibility index (Phi) is 4.96. The number of carbonyl (C=O) groups excluding carboxylic acids is 5. The van der Waals surface area contributed by atoms with E-state index in [1.54, 1.807) is 0 Å². The monoisotopic (exact) mass is 364 g/mol. The number of nitrogens with two attached hydrogens (primary N) is 1. The van der Waals surface area contributed by atoms with Gasteiger partial charge in [-0.15, -0.1) is 10.1 Å². The van der Waals surface area contributed by atoms with E-state index < -0.39 is 42.0 Å². The lowest BCUT2D eigenvalue weighted by molar-refractivity contribution is -0.761. The molecule has 1 aromatic carbocycles. The van der Waals surface area contributed by atoms with Crippen molar-refractivity contribution in [2.75, 3.05) is 13.3 Å². The number of imide groups is 2. The summed E-state index contributed by atoms with van der Waals surface area (Å²) in [5, 5.41) is 9.03. The highest BCUT2D eigenvalue weighted by Gasteiger charge is 2.37. The first-order valence-corrected chi connectivity index (χ1v) is 7.00. The summed E-state index contributed by atoms with van der Waals surface area (Å²) in [5.41, 5.74) is 4.94. The van der Waals surface area contributed by atoms with Crippen LogP contribution in [0.3, 0.4) is 0 Å². The van der Waals surface area contributed by atoms with Crippen LogP contribution in [0.1, 0.15) is 36.6 Å². The van der Waals surface area contributed by atoms with Crippen molar-refractivity contribution < 1.29 is 33.9 Å². The van der Waals surface area contributed by atoms with Crippen LogP contribution in [0.4, 0.5) is 0 Å². The second-order valence-corrected chi connectivity index (χ2v) is 5.24.